The fourth-order valence-electron chi connectivity index (χ4n) is 0.676. The van der Waals surface area contributed by atoms with Crippen LogP contribution in [0.15, 0.2) is 0 Å². The fraction of sp³-hybridized carbons (Fsp3) is 0.875. The van der Waals surface area contributed by atoms with Gasteiger partial charge in [-0.2, -0.15) is 0 Å². The Labute approximate surface area is 67.7 Å². The lowest BCUT2D eigenvalue weighted by Crippen LogP contribution is -2.33. The predicted molar refractivity (Wildman–Crippen MR) is 48.8 cm³/mol. The molecule has 0 aliphatic carbocycles. The molecule has 61 valence electrons. The molecule has 1 atom stereocenters. The van der Waals surface area contributed by atoms with Crippen LogP contribution in [-0.2, 0) is 4.43 Å². The van der Waals surface area contributed by atoms with Crippen LogP contribution in [0.1, 0.15) is 27.7 Å². The number of rotatable bonds is 3. The topological polar surface area (TPSA) is 9.23 Å². The normalized spacial score (nSPS) is 16.2. The second-order valence-electron chi connectivity index (χ2n) is 3.70. The molecule has 0 aromatic carbocycles. The van der Waals surface area contributed by atoms with E-state index in [9.17, 15) is 0 Å². The van der Waals surface area contributed by atoms with Crippen LogP contribution in [-0.4, -0.2) is 16.6 Å². The number of hydrogen-bond donors (Lipinski definition) is 0. The van der Waals surface area contributed by atoms with Gasteiger partial charge in [-0.1, -0.05) is 27.7 Å². The zero-order valence-electron chi connectivity index (χ0n) is 7.77. The van der Waals surface area contributed by atoms with Gasteiger partial charge in [-0.3, -0.25) is 0 Å². The third-order valence-corrected chi connectivity index (χ3v) is 3.17. The minimum Gasteiger partial charge on any atom is -0.425 e. The molecular formula is C8H19OSi. The summed E-state index contributed by atoms with van der Waals surface area (Å²) < 4.78 is 5.30. The highest BCUT2D eigenvalue weighted by Crippen LogP contribution is 2.30. The van der Waals surface area contributed by atoms with Gasteiger partial charge in [-0.15, -0.1) is 0 Å². The molecule has 0 saturated heterocycles. The van der Waals surface area contributed by atoms with Gasteiger partial charge >= 0.3 is 0 Å². The van der Waals surface area contributed by atoms with Crippen molar-refractivity contribution < 1.29 is 4.43 Å². The van der Waals surface area contributed by atoms with E-state index in [1.807, 2.05) is 0 Å². The van der Waals surface area contributed by atoms with Gasteiger partial charge in [0.2, 0.25) is 0 Å². The average Bonchev–Trinajstić information content (AvgIpc) is 1.86. The molecule has 0 N–H and O–H groups in total. The van der Waals surface area contributed by atoms with E-state index in [0.29, 0.717) is 5.92 Å². The van der Waals surface area contributed by atoms with Crippen molar-refractivity contribution in [3.05, 3.63) is 6.92 Å². The third-order valence-electron chi connectivity index (χ3n) is 2.60. The van der Waals surface area contributed by atoms with Crippen molar-refractivity contribution in [2.45, 2.75) is 33.8 Å². The molecule has 0 aliphatic heterocycles. The first kappa shape index (κ1) is 10.2. The minimum absolute atomic E-state index is 0.152. The standard InChI is InChI=1S/C8H19OSi/c1-6(2)8(4,5)7(3)9-10/h6-7H,3H2,1-2,4-5,10H3. The minimum atomic E-state index is 0.152. The zero-order chi connectivity index (χ0) is 8.36. The summed E-state index contributed by atoms with van der Waals surface area (Å²) in [5.74, 6) is 0.629. The van der Waals surface area contributed by atoms with Crippen molar-refractivity contribution in [2.75, 3.05) is 0 Å². The van der Waals surface area contributed by atoms with E-state index >= 15 is 0 Å². The first-order valence-corrected chi connectivity index (χ1v) is 4.60. The molecule has 0 heterocycles. The monoisotopic (exact) mass is 159 g/mol. The van der Waals surface area contributed by atoms with E-state index in [4.69, 9.17) is 4.43 Å². The molecule has 0 bridgehead atoms. The van der Waals surface area contributed by atoms with E-state index in [2.05, 4.69) is 34.6 Å². The second kappa shape index (κ2) is 3.53. The van der Waals surface area contributed by atoms with Gasteiger partial charge in [-0.05, 0) is 18.3 Å². The molecule has 1 unspecified atom stereocenters. The Morgan fingerprint density at radius 1 is 1.40 bits per heavy atom. The maximum atomic E-state index is 5.30. The molecule has 0 spiro atoms. The van der Waals surface area contributed by atoms with Crippen LogP contribution in [0.5, 0.6) is 0 Å². The molecule has 0 aromatic heterocycles. The highest BCUT2D eigenvalue weighted by molar-refractivity contribution is 5.98. The first-order chi connectivity index (χ1) is 4.42. The van der Waals surface area contributed by atoms with Crippen molar-refractivity contribution >= 4 is 10.5 Å². The molecular weight excluding hydrogens is 140 g/mol. The highest BCUT2D eigenvalue weighted by Gasteiger charge is 2.28. The molecule has 1 radical (unpaired) electrons. The summed E-state index contributed by atoms with van der Waals surface area (Å²) in [5, 5.41) is 0. The lowest BCUT2D eigenvalue weighted by molar-refractivity contribution is 0.0777. The molecule has 10 heavy (non-hydrogen) atoms. The lowest BCUT2D eigenvalue weighted by Gasteiger charge is -2.34. The SMILES string of the molecule is [CH2]C(O[SiH3])C(C)(C)C(C)C. The zero-order valence-corrected chi connectivity index (χ0v) is 9.77. The van der Waals surface area contributed by atoms with E-state index < -0.39 is 0 Å². The summed E-state index contributed by atoms with van der Waals surface area (Å²) in [5.41, 5.74) is 0.210. The van der Waals surface area contributed by atoms with Crippen molar-refractivity contribution in [1.29, 1.82) is 0 Å². The van der Waals surface area contributed by atoms with Crippen LogP contribution in [0.2, 0.25) is 0 Å². The molecule has 0 saturated carbocycles. The second-order valence-corrected chi connectivity index (χ2v) is 4.17. The molecule has 0 fully saturated rings. The van der Waals surface area contributed by atoms with Gasteiger partial charge in [0.15, 0.2) is 0 Å². The van der Waals surface area contributed by atoms with Gasteiger partial charge in [0, 0.05) is 6.10 Å². The quantitative estimate of drug-likeness (QED) is 0.562. The van der Waals surface area contributed by atoms with Crippen LogP contribution < -0.4 is 0 Å². The van der Waals surface area contributed by atoms with Crippen LogP contribution in [0.25, 0.3) is 0 Å². The fourth-order valence-corrected chi connectivity index (χ4v) is 1.28. The van der Waals surface area contributed by atoms with Crippen LogP contribution in [0.3, 0.4) is 0 Å². The smallest absolute Gasteiger partial charge is 0.146 e. The van der Waals surface area contributed by atoms with Gasteiger partial charge in [-0.25, -0.2) is 0 Å². The summed E-state index contributed by atoms with van der Waals surface area (Å²) in [6, 6.07) is 0. The van der Waals surface area contributed by atoms with Crippen molar-refractivity contribution in [3.8, 4) is 0 Å². The van der Waals surface area contributed by atoms with Crippen LogP contribution >= 0.6 is 0 Å². The van der Waals surface area contributed by atoms with E-state index in [0.717, 1.165) is 10.5 Å². The number of hydrogen-bond acceptors (Lipinski definition) is 1. The van der Waals surface area contributed by atoms with Crippen LogP contribution in [0.4, 0.5) is 0 Å². The summed E-state index contributed by atoms with van der Waals surface area (Å²) in [6.45, 7) is 12.8. The summed E-state index contributed by atoms with van der Waals surface area (Å²) in [7, 11) is 0.787. The Kier molecular flexibility index (Phi) is 3.60. The third kappa shape index (κ3) is 2.10. The van der Waals surface area contributed by atoms with Gasteiger partial charge in [0.05, 0.1) is 0 Å². The van der Waals surface area contributed by atoms with Gasteiger partial charge < -0.3 is 4.43 Å². The first-order valence-electron chi connectivity index (χ1n) is 3.78. The maximum absolute atomic E-state index is 5.30. The Bertz CT molecular complexity index is 99.4. The summed E-state index contributed by atoms with van der Waals surface area (Å²) in [6.07, 6.45) is 0.152. The van der Waals surface area contributed by atoms with Crippen LogP contribution in [0, 0.1) is 18.3 Å². The van der Waals surface area contributed by atoms with E-state index in [1.54, 1.807) is 0 Å². The van der Waals surface area contributed by atoms with Crippen molar-refractivity contribution in [1.82, 2.24) is 0 Å². The molecule has 0 rings (SSSR count). The Balaban J connectivity index is 4.09. The largest absolute Gasteiger partial charge is 0.425 e. The Morgan fingerprint density at radius 2 is 1.80 bits per heavy atom. The lowest BCUT2D eigenvalue weighted by atomic mass is 9.77. The molecule has 2 heteroatoms. The van der Waals surface area contributed by atoms with Gasteiger partial charge in [0.25, 0.3) is 0 Å². The summed E-state index contributed by atoms with van der Waals surface area (Å²) in [4.78, 5) is 0. The van der Waals surface area contributed by atoms with E-state index in [-0.39, 0.29) is 11.5 Å². The molecule has 1 nitrogen and oxygen atoms in total. The Hall–Kier alpha value is 0.177. The summed E-state index contributed by atoms with van der Waals surface area (Å²) >= 11 is 0. The van der Waals surface area contributed by atoms with E-state index in [1.165, 1.54) is 0 Å². The highest BCUT2D eigenvalue weighted by atomic mass is 28.2. The molecule has 0 aromatic rings. The van der Waals surface area contributed by atoms with Crippen molar-refractivity contribution in [2.24, 2.45) is 11.3 Å². The molecule has 0 aliphatic rings. The Morgan fingerprint density at radius 3 is 1.90 bits per heavy atom. The van der Waals surface area contributed by atoms with Gasteiger partial charge in [0.1, 0.15) is 10.5 Å². The average molecular weight is 159 g/mol. The maximum Gasteiger partial charge on any atom is 0.146 e. The molecule has 0 amide bonds. The predicted octanol–water partition coefficient (Wildman–Crippen LogP) is 1.17. The van der Waals surface area contributed by atoms with Crippen molar-refractivity contribution in [3.63, 3.8) is 0 Å².